The van der Waals surface area contributed by atoms with Crippen molar-refractivity contribution < 1.29 is 0 Å². The highest BCUT2D eigenvalue weighted by Crippen LogP contribution is 1.73. The first kappa shape index (κ1) is 10.2. The third kappa shape index (κ3) is 3.31. The highest BCUT2D eigenvalue weighted by atomic mass is 14.6. The Hall–Kier alpha value is -0.890. The second-order valence-corrected chi connectivity index (χ2v) is 1.02. The zero-order chi connectivity index (χ0) is 4.24. The van der Waals surface area contributed by atoms with Crippen LogP contribution in [0.5, 0.6) is 0 Å². The molecule has 8 heavy (non-hydrogen) atoms. The summed E-state index contributed by atoms with van der Waals surface area (Å²) in [7, 11) is 0. The molecule has 1 heterocycles. The summed E-state index contributed by atoms with van der Waals surface area (Å²) in [6.45, 7) is 0. The molecule has 39 valence electrons. The molecule has 0 unspecified atom stereocenters. The van der Waals surface area contributed by atoms with Crippen molar-refractivity contribution in [1.82, 2.24) is 11.1 Å². The zero-order valence-electron chi connectivity index (χ0n) is 4.28. The predicted octanol–water partition coefficient (Wildman–Crippen LogP) is 0.682. The minimum absolute atomic E-state index is 0. The van der Waals surface area contributed by atoms with Crippen molar-refractivity contribution >= 4 is 0 Å². The lowest BCUT2D eigenvalue weighted by molar-refractivity contribution is 1.33. The minimum Gasteiger partial charge on any atom is -0.265 e. The molecule has 0 aromatic carbocycles. The van der Waals surface area contributed by atoms with Crippen molar-refractivity contribution in [1.29, 1.82) is 0 Å². The smallest absolute Gasteiger partial charge is 0.0267 e. The van der Waals surface area contributed by atoms with E-state index in [1.54, 1.807) is 12.4 Å². The molecular formula is C6H5N2. The van der Waals surface area contributed by atoms with Crippen molar-refractivity contribution in [2.45, 2.75) is 0 Å². The largest absolute Gasteiger partial charge is 0.265 e. The average molecular weight is 105 g/mol. The molecule has 7 radical (unpaired) electrons. The third-order valence-electron chi connectivity index (χ3n) is 0.566. The van der Waals surface area contributed by atoms with Crippen LogP contribution in [0.3, 0.4) is 0 Å². The Balaban J connectivity index is 0. The molecule has 0 aliphatic carbocycles. The monoisotopic (exact) mass is 105 g/mol. The molecule has 0 fully saturated rings. The Kier molecular flexibility index (Phi) is 7.76. The van der Waals surface area contributed by atoms with Crippen LogP contribution >= 0.6 is 0 Å². The molecule has 0 saturated heterocycles. The number of pyridine rings is 1. The maximum absolute atomic E-state index is 3.78. The lowest BCUT2D eigenvalue weighted by Crippen LogP contribution is -1.58. The molecule has 0 saturated carbocycles. The van der Waals surface area contributed by atoms with Crippen LogP contribution < -0.4 is 6.15 Å². The van der Waals surface area contributed by atoms with E-state index in [4.69, 9.17) is 0 Å². The van der Waals surface area contributed by atoms with Gasteiger partial charge in [0.25, 0.3) is 0 Å². The maximum Gasteiger partial charge on any atom is 0.0267 e. The number of rotatable bonds is 0. The van der Waals surface area contributed by atoms with Crippen LogP contribution in [0, 0.1) is 7.43 Å². The van der Waals surface area contributed by atoms with Gasteiger partial charge in [-0.2, -0.15) is 0 Å². The normalized spacial score (nSPS) is 6.00. The SMILES string of the molecule is [C].[N].c1ccncc1. The molecule has 1 rings (SSSR count). The van der Waals surface area contributed by atoms with Crippen molar-refractivity contribution in [2.75, 3.05) is 0 Å². The summed E-state index contributed by atoms with van der Waals surface area (Å²) < 4.78 is 0. The molecule has 0 spiro atoms. The fraction of sp³-hybridized carbons (Fsp3) is 0. The van der Waals surface area contributed by atoms with E-state index in [0.717, 1.165) is 0 Å². The highest BCUT2D eigenvalue weighted by Gasteiger charge is 1.58. The van der Waals surface area contributed by atoms with Gasteiger partial charge in [-0.15, -0.1) is 0 Å². The highest BCUT2D eigenvalue weighted by molar-refractivity contribution is 4.88. The number of hydrogen-bond acceptors (Lipinski definition) is 1. The van der Waals surface area contributed by atoms with E-state index in [1.165, 1.54) is 0 Å². The molecule has 2 nitrogen and oxygen atoms in total. The van der Waals surface area contributed by atoms with Crippen molar-refractivity contribution in [3.05, 3.63) is 38.0 Å². The van der Waals surface area contributed by atoms with Gasteiger partial charge < -0.3 is 0 Å². The predicted molar refractivity (Wildman–Crippen MR) is 29.6 cm³/mol. The topological polar surface area (TPSA) is 43.4 Å². The fourth-order valence-corrected chi connectivity index (χ4v) is 0.313. The molecule has 0 N–H and O–H groups in total. The average Bonchev–Trinajstić information content (AvgIpc) is 1.72. The first-order chi connectivity index (χ1) is 3.00. The summed E-state index contributed by atoms with van der Waals surface area (Å²) in [5, 5.41) is 0. The molecule has 2 heteroatoms. The molecule has 0 bridgehead atoms. The van der Waals surface area contributed by atoms with E-state index >= 15 is 0 Å². The van der Waals surface area contributed by atoms with E-state index in [1.807, 2.05) is 18.2 Å². The van der Waals surface area contributed by atoms with Crippen LogP contribution in [0.4, 0.5) is 0 Å². The number of aromatic nitrogens is 1. The first-order valence-electron chi connectivity index (χ1n) is 1.85. The summed E-state index contributed by atoms with van der Waals surface area (Å²) in [6, 6.07) is 5.72. The Labute approximate surface area is 50.2 Å². The zero-order valence-corrected chi connectivity index (χ0v) is 4.28. The second-order valence-electron chi connectivity index (χ2n) is 1.02. The second kappa shape index (κ2) is 6.11. The van der Waals surface area contributed by atoms with E-state index in [9.17, 15) is 0 Å². The summed E-state index contributed by atoms with van der Waals surface area (Å²) in [4.78, 5) is 3.78. The molecule has 1 aromatic rings. The van der Waals surface area contributed by atoms with Gasteiger partial charge in [-0.25, -0.2) is 0 Å². The molecule has 1 aromatic heterocycles. The van der Waals surface area contributed by atoms with E-state index in [2.05, 4.69) is 4.98 Å². The van der Waals surface area contributed by atoms with Gasteiger partial charge in [0.05, 0.1) is 0 Å². The van der Waals surface area contributed by atoms with E-state index < -0.39 is 0 Å². The minimum atomic E-state index is 0. The Morgan fingerprint density at radius 2 is 1.38 bits per heavy atom. The van der Waals surface area contributed by atoms with Gasteiger partial charge in [-0.3, -0.25) is 4.98 Å². The summed E-state index contributed by atoms with van der Waals surface area (Å²) in [5.74, 6) is 0. The summed E-state index contributed by atoms with van der Waals surface area (Å²) in [6.07, 6.45) is 3.50. The van der Waals surface area contributed by atoms with Crippen LogP contribution in [-0.4, -0.2) is 4.98 Å². The van der Waals surface area contributed by atoms with Crippen molar-refractivity contribution in [3.63, 3.8) is 0 Å². The quantitative estimate of drug-likeness (QED) is 0.478. The van der Waals surface area contributed by atoms with Gasteiger partial charge >= 0.3 is 0 Å². The molecule has 0 aliphatic rings. The third-order valence-corrected chi connectivity index (χ3v) is 0.566. The van der Waals surface area contributed by atoms with Gasteiger partial charge in [0.15, 0.2) is 0 Å². The van der Waals surface area contributed by atoms with Crippen molar-refractivity contribution in [2.24, 2.45) is 0 Å². The summed E-state index contributed by atoms with van der Waals surface area (Å²) >= 11 is 0. The Morgan fingerprint density at radius 1 is 0.875 bits per heavy atom. The number of hydrogen-bond donors (Lipinski definition) is 0. The van der Waals surface area contributed by atoms with E-state index in [-0.39, 0.29) is 13.6 Å². The lowest BCUT2D eigenvalue weighted by Gasteiger charge is -1.70. The van der Waals surface area contributed by atoms with Gasteiger partial charge in [0.2, 0.25) is 0 Å². The lowest BCUT2D eigenvalue weighted by atomic mass is 10.5. The van der Waals surface area contributed by atoms with Gasteiger partial charge in [-0.1, -0.05) is 6.07 Å². The molecule has 0 amide bonds. The van der Waals surface area contributed by atoms with Crippen LogP contribution in [0.15, 0.2) is 30.6 Å². The standard InChI is InChI=1S/C5H5N.C.N/c1-2-4-6-5-3-1;;/h1-5H;;. The first-order valence-corrected chi connectivity index (χ1v) is 1.85. The van der Waals surface area contributed by atoms with Crippen LogP contribution in [0.25, 0.3) is 0 Å². The molecule has 0 atom stereocenters. The van der Waals surface area contributed by atoms with Gasteiger partial charge in [-0.05, 0) is 12.1 Å². The van der Waals surface area contributed by atoms with Crippen molar-refractivity contribution in [3.8, 4) is 0 Å². The van der Waals surface area contributed by atoms with E-state index in [0.29, 0.717) is 0 Å². The van der Waals surface area contributed by atoms with Gasteiger partial charge in [0.1, 0.15) is 0 Å². The van der Waals surface area contributed by atoms with Crippen LogP contribution in [-0.2, 0) is 0 Å². The Morgan fingerprint density at radius 3 is 1.50 bits per heavy atom. The number of nitrogens with zero attached hydrogens (tertiary/aromatic N) is 2. The maximum atomic E-state index is 3.78. The molecule has 0 aliphatic heterocycles. The van der Waals surface area contributed by atoms with Crippen LogP contribution in [0.2, 0.25) is 0 Å². The van der Waals surface area contributed by atoms with Crippen LogP contribution in [0.1, 0.15) is 0 Å². The summed E-state index contributed by atoms with van der Waals surface area (Å²) in [5.41, 5.74) is 0. The Bertz CT molecular complexity index is 78.5. The van der Waals surface area contributed by atoms with Gasteiger partial charge in [0, 0.05) is 26.0 Å². The molecular weight excluding hydrogens is 100 g/mol. The fourth-order valence-electron chi connectivity index (χ4n) is 0.313.